The van der Waals surface area contributed by atoms with Crippen molar-refractivity contribution >= 4 is 33.2 Å². The molecule has 2 bridgehead atoms. The van der Waals surface area contributed by atoms with E-state index in [0.29, 0.717) is 44.1 Å². The summed E-state index contributed by atoms with van der Waals surface area (Å²) >= 11 is 6.38. The van der Waals surface area contributed by atoms with Crippen molar-refractivity contribution in [2.75, 3.05) is 37.0 Å². The molecule has 0 aromatic heterocycles. The number of amides is 1. The van der Waals surface area contributed by atoms with Crippen LogP contribution < -0.4 is 14.4 Å². The van der Waals surface area contributed by atoms with Crippen LogP contribution in [0.1, 0.15) is 72.9 Å². The summed E-state index contributed by atoms with van der Waals surface area (Å²) < 4.78 is 34.6. The highest BCUT2D eigenvalue weighted by Gasteiger charge is 2.44. The second-order valence-corrected chi connectivity index (χ2v) is 15.1. The van der Waals surface area contributed by atoms with Crippen molar-refractivity contribution in [3.05, 3.63) is 58.1 Å². The van der Waals surface area contributed by atoms with E-state index in [9.17, 15) is 23.4 Å². The molecule has 4 aliphatic rings. The lowest BCUT2D eigenvalue weighted by atomic mass is 9.68. The first-order chi connectivity index (χ1) is 20.2. The largest absolute Gasteiger partial charge is 0.490 e. The molecule has 0 unspecified atom stereocenters. The molecule has 10 heteroatoms. The number of aryl methyl sites for hydroxylation is 1. The Morgan fingerprint density at radius 2 is 1.90 bits per heavy atom. The van der Waals surface area contributed by atoms with E-state index in [-0.39, 0.29) is 29.3 Å². The quantitative estimate of drug-likeness (QED) is 0.434. The zero-order valence-electron chi connectivity index (χ0n) is 23.9. The number of nitrogens with one attached hydrogen (secondary N) is 1. The van der Waals surface area contributed by atoms with Crippen LogP contribution in [0.25, 0.3) is 0 Å². The average molecular weight is 617 g/mol. The number of carbonyl (C=O) groups excluding carboxylic acids is 1. The van der Waals surface area contributed by atoms with Gasteiger partial charge in [-0.2, -0.15) is 0 Å². The molecular weight excluding hydrogens is 576 g/mol. The van der Waals surface area contributed by atoms with E-state index in [2.05, 4.69) is 21.8 Å². The first kappa shape index (κ1) is 29.7. The van der Waals surface area contributed by atoms with Gasteiger partial charge < -0.3 is 19.8 Å². The molecule has 1 spiro atoms. The van der Waals surface area contributed by atoms with Crippen LogP contribution in [0, 0.1) is 17.8 Å². The lowest BCUT2D eigenvalue weighted by Crippen LogP contribution is -2.49. The van der Waals surface area contributed by atoms with Crippen LogP contribution in [-0.2, 0) is 21.9 Å². The van der Waals surface area contributed by atoms with E-state index >= 15 is 0 Å². The van der Waals surface area contributed by atoms with Crippen LogP contribution in [0.2, 0.25) is 5.02 Å². The Morgan fingerprint density at radius 3 is 2.69 bits per heavy atom. The summed E-state index contributed by atoms with van der Waals surface area (Å²) in [6.07, 6.45) is 7.19. The van der Waals surface area contributed by atoms with Crippen molar-refractivity contribution in [2.24, 2.45) is 17.8 Å². The Labute approximate surface area is 253 Å². The maximum Gasteiger partial charge on any atom is 0.264 e. The van der Waals surface area contributed by atoms with Gasteiger partial charge in [-0.3, -0.25) is 4.79 Å². The SMILES string of the molecule is O=C1NS(=O)(=O)C[C@@H](CO)CCCC[C@H](O)[C@@H]2CC[C@H]2CN2C[C@@]3(CCCc4cc(Cl)ccc43)COc3ccc1cc32. The lowest BCUT2D eigenvalue weighted by Gasteiger charge is -2.45. The molecule has 42 heavy (non-hydrogen) atoms. The smallest absolute Gasteiger partial charge is 0.264 e. The maximum absolute atomic E-state index is 13.3. The maximum atomic E-state index is 13.3. The van der Waals surface area contributed by atoms with E-state index in [1.54, 1.807) is 18.2 Å². The zero-order chi connectivity index (χ0) is 29.5. The molecule has 1 saturated carbocycles. The number of rotatable bonds is 1. The van der Waals surface area contributed by atoms with Crippen molar-refractivity contribution in [1.82, 2.24) is 4.72 Å². The molecule has 6 rings (SSSR count). The topological polar surface area (TPSA) is 116 Å². The highest BCUT2D eigenvalue weighted by molar-refractivity contribution is 7.90. The van der Waals surface area contributed by atoms with Gasteiger partial charge >= 0.3 is 0 Å². The normalized spacial score (nSPS) is 31.4. The minimum absolute atomic E-state index is 0.196. The molecule has 2 aromatic rings. The molecule has 0 radical (unpaired) electrons. The highest BCUT2D eigenvalue weighted by atomic mass is 35.5. The van der Waals surface area contributed by atoms with Crippen LogP contribution >= 0.6 is 11.6 Å². The fraction of sp³-hybridized carbons (Fsp3) is 0.594. The Morgan fingerprint density at radius 1 is 1.07 bits per heavy atom. The van der Waals surface area contributed by atoms with Crippen molar-refractivity contribution in [2.45, 2.75) is 69.3 Å². The molecule has 3 N–H and O–H groups in total. The first-order valence-electron chi connectivity index (χ1n) is 15.3. The number of halogens is 1. The standard InChI is InChI=1S/C32H41ClN2O6S/c33-25-9-11-27-22(14-25)5-3-13-32(27)19-35-16-24-7-10-26(24)29(37)6-2-1-4-21(17-36)18-42(39,40)34-31(38)23-8-12-30(41-20-32)28(35)15-23/h8-9,11-12,14-15,21,24,26,29,36-37H,1-7,10,13,16-20H2,(H,34,38)/t21-,24+,26-,29+,32+/m1/s1. The number of nitrogens with zero attached hydrogens (tertiary/aromatic N) is 1. The van der Waals surface area contributed by atoms with Gasteiger partial charge in [0.05, 0.1) is 24.2 Å². The van der Waals surface area contributed by atoms with E-state index in [1.165, 1.54) is 11.1 Å². The molecule has 2 heterocycles. The molecule has 8 nitrogen and oxygen atoms in total. The number of hydrogen-bond acceptors (Lipinski definition) is 7. The Kier molecular flexibility index (Phi) is 8.48. The van der Waals surface area contributed by atoms with Crippen molar-refractivity contribution in [3.8, 4) is 5.75 Å². The number of aliphatic hydroxyl groups is 2. The van der Waals surface area contributed by atoms with E-state index in [0.717, 1.165) is 55.8 Å². The van der Waals surface area contributed by atoms with Crippen molar-refractivity contribution < 1.29 is 28.2 Å². The van der Waals surface area contributed by atoms with Crippen LogP contribution in [0.4, 0.5) is 5.69 Å². The Balaban J connectivity index is 1.38. The molecular formula is C32H41ClN2O6S. The zero-order valence-corrected chi connectivity index (χ0v) is 25.5. The van der Waals surface area contributed by atoms with Crippen LogP contribution in [0.5, 0.6) is 5.75 Å². The first-order valence-corrected chi connectivity index (χ1v) is 17.3. The van der Waals surface area contributed by atoms with E-state index in [1.807, 2.05) is 6.07 Å². The van der Waals surface area contributed by atoms with Gasteiger partial charge in [0.2, 0.25) is 10.0 Å². The number of sulfonamides is 1. The number of fused-ring (bicyclic) bond motifs is 4. The number of hydrogen-bond donors (Lipinski definition) is 3. The van der Waals surface area contributed by atoms with Gasteiger partial charge in [0.15, 0.2) is 0 Å². The second kappa shape index (κ2) is 12.0. The fourth-order valence-electron chi connectivity index (χ4n) is 7.65. The van der Waals surface area contributed by atoms with Gasteiger partial charge in [-0.05, 0) is 104 Å². The van der Waals surface area contributed by atoms with Gasteiger partial charge in [-0.1, -0.05) is 30.5 Å². The van der Waals surface area contributed by atoms with Gasteiger partial charge in [0.25, 0.3) is 5.91 Å². The fourth-order valence-corrected chi connectivity index (χ4v) is 9.22. The molecule has 2 aliphatic carbocycles. The molecule has 0 saturated heterocycles. The van der Waals surface area contributed by atoms with Gasteiger partial charge in [-0.15, -0.1) is 0 Å². The second-order valence-electron chi connectivity index (χ2n) is 12.9. The molecule has 1 amide bonds. The molecule has 2 aromatic carbocycles. The number of anilines is 1. The minimum Gasteiger partial charge on any atom is -0.490 e. The third-order valence-corrected chi connectivity index (χ3v) is 11.7. The predicted molar refractivity (Wildman–Crippen MR) is 163 cm³/mol. The summed E-state index contributed by atoms with van der Waals surface area (Å²) in [6.45, 7) is 1.63. The van der Waals surface area contributed by atoms with Crippen molar-refractivity contribution in [3.63, 3.8) is 0 Å². The van der Waals surface area contributed by atoms with Gasteiger partial charge in [-0.25, -0.2) is 13.1 Å². The third kappa shape index (κ3) is 6.03. The van der Waals surface area contributed by atoms with E-state index < -0.39 is 28.0 Å². The summed E-state index contributed by atoms with van der Waals surface area (Å²) in [5.74, 6) is -0.319. The third-order valence-electron chi connectivity index (χ3n) is 10.0. The highest BCUT2D eigenvalue weighted by Crippen LogP contribution is 2.47. The Bertz CT molecular complexity index is 1430. The summed E-state index contributed by atoms with van der Waals surface area (Å²) in [6, 6.07) is 11.3. The minimum atomic E-state index is -3.96. The van der Waals surface area contributed by atoms with Crippen molar-refractivity contribution in [1.29, 1.82) is 0 Å². The summed E-state index contributed by atoms with van der Waals surface area (Å²) in [5, 5.41) is 21.7. The monoisotopic (exact) mass is 616 g/mol. The van der Waals surface area contributed by atoms with Gasteiger partial charge in [0, 0.05) is 35.7 Å². The van der Waals surface area contributed by atoms with Crippen LogP contribution in [0.3, 0.4) is 0 Å². The summed E-state index contributed by atoms with van der Waals surface area (Å²) in [5.41, 5.74) is 3.25. The average Bonchev–Trinajstić information content (AvgIpc) is 3.08. The molecule has 5 atom stereocenters. The number of ether oxygens (including phenoxy) is 1. The van der Waals surface area contributed by atoms with Crippen LogP contribution in [0.15, 0.2) is 36.4 Å². The summed E-state index contributed by atoms with van der Waals surface area (Å²) in [7, 11) is -3.96. The number of aliphatic hydroxyl groups excluding tert-OH is 2. The number of benzene rings is 2. The van der Waals surface area contributed by atoms with Gasteiger partial charge in [0.1, 0.15) is 5.75 Å². The molecule has 2 aliphatic heterocycles. The van der Waals surface area contributed by atoms with E-state index in [4.69, 9.17) is 16.3 Å². The molecule has 228 valence electrons. The molecule has 1 fully saturated rings. The summed E-state index contributed by atoms with van der Waals surface area (Å²) in [4.78, 5) is 15.6. The lowest BCUT2D eigenvalue weighted by molar-refractivity contribution is 0.00882. The Hall–Kier alpha value is -2.33. The van der Waals surface area contributed by atoms with Crippen LogP contribution in [-0.4, -0.2) is 62.7 Å². The number of carbonyl (C=O) groups is 1. The predicted octanol–water partition coefficient (Wildman–Crippen LogP) is 4.44.